The number of hydrogen-bond acceptors (Lipinski definition) is 3. The van der Waals surface area contributed by atoms with Crippen LogP contribution in [0, 0.1) is 0 Å². The second-order valence-corrected chi connectivity index (χ2v) is 8.76. The van der Waals surface area contributed by atoms with Crippen LogP contribution in [0.1, 0.15) is 30.5 Å². The Kier molecular flexibility index (Phi) is 7.94. The topological polar surface area (TPSA) is 55.8 Å². The van der Waals surface area contributed by atoms with E-state index in [1.54, 1.807) is 25.1 Å². The summed E-state index contributed by atoms with van der Waals surface area (Å²) in [5, 5.41) is 14.2. The first-order valence-electron chi connectivity index (χ1n) is 9.97. The highest BCUT2D eigenvalue weighted by atomic mass is 35.5. The van der Waals surface area contributed by atoms with Gasteiger partial charge < -0.3 is 20.2 Å². The van der Waals surface area contributed by atoms with Crippen molar-refractivity contribution in [1.82, 2.24) is 15.1 Å². The van der Waals surface area contributed by atoms with Gasteiger partial charge in [-0.1, -0.05) is 65.7 Å². The number of allylic oxidation sites excluding steroid dienone is 1. The lowest BCUT2D eigenvalue weighted by atomic mass is 9.93. The van der Waals surface area contributed by atoms with Crippen LogP contribution in [-0.4, -0.2) is 46.1 Å². The van der Waals surface area contributed by atoms with Crippen LogP contribution in [0.15, 0.2) is 59.8 Å². The summed E-state index contributed by atoms with van der Waals surface area (Å²) in [6.45, 7) is 3.95. The van der Waals surface area contributed by atoms with Crippen molar-refractivity contribution in [2.75, 3.05) is 20.1 Å². The second kappa shape index (κ2) is 10.5. The average molecular weight is 478 g/mol. The Hall–Kier alpha value is -2.12. The van der Waals surface area contributed by atoms with Crippen molar-refractivity contribution in [3.05, 3.63) is 81.0 Å². The molecule has 0 bridgehead atoms. The van der Waals surface area contributed by atoms with E-state index < -0.39 is 12.0 Å². The molecule has 0 aliphatic carbocycles. The van der Waals surface area contributed by atoms with Gasteiger partial charge in [-0.25, -0.2) is 4.79 Å². The van der Waals surface area contributed by atoms with Gasteiger partial charge in [0.05, 0.1) is 21.7 Å². The van der Waals surface area contributed by atoms with Gasteiger partial charge in [-0.15, -0.1) is 0 Å². The number of carbonyl (C=O) groups is 1. The minimum Gasteiger partial charge on any atom is -0.478 e. The Labute approximate surface area is 198 Å². The molecule has 0 radical (unpaired) electrons. The van der Waals surface area contributed by atoms with Crippen LogP contribution in [0.4, 0.5) is 0 Å². The van der Waals surface area contributed by atoms with Gasteiger partial charge in [0.1, 0.15) is 0 Å². The van der Waals surface area contributed by atoms with Crippen LogP contribution in [0.25, 0.3) is 0 Å². The predicted molar refractivity (Wildman–Crippen MR) is 129 cm³/mol. The zero-order valence-electron chi connectivity index (χ0n) is 17.4. The third kappa shape index (κ3) is 5.57. The molecule has 2 aromatic carbocycles. The van der Waals surface area contributed by atoms with Crippen LogP contribution in [-0.2, 0) is 11.3 Å². The van der Waals surface area contributed by atoms with E-state index in [4.69, 9.17) is 35.4 Å². The lowest BCUT2D eigenvalue weighted by molar-refractivity contribution is -0.133. The molecular weight excluding hydrogens is 453 g/mol. The molecule has 0 amide bonds. The number of aliphatic carboxylic acids is 1. The minimum absolute atomic E-state index is 0.218. The van der Waals surface area contributed by atoms with Gasteiger partial charge in [0.15, 0.2) is 5.11 Å². The molecule has 3 rings (SSSR count). The number of carboxylic acid groups (broad SMARTS) is 1. The number of halogens is 2. The standard InChI is InChI=1S/C23H25Cl2N3O2S/c1-15-19(22(29)30)21(17-10-6-11-18(24)20(17)25)28(23(31)26-15)13-7-12-27(2)14-16-8-4-3-5-9-16/h3-6,8-11,21H,7,12-14H2,1-2H3,(H,26,31)(H,29,30). The highest BCUT2D eigenvalue weighted by molar-refractivity contribution is 7.80. The van der Waals surface area contributed by atoms with Gasteiger partial charge in [-0.05, 0) is 56.3 Å². The average Bonchev–Trinajstić information content (AvgIpc) is 2.72. The maximum absolute atomic E-state index is 12.1. The molecule has 0 spiro atoms. The first-order chi connectivity index (χ1) is 14.8. The van der Waals surface area contributed by atoms with Crippen LogP contribution in [0.2, 0.25) is 10.0 Å². The maximum atomic E-state index is 12.1. The SMILES string of the molecule is CC1=C(C(=O)O)C(c2cccc(Cl)c2Cl)N(CCCN(C)Cc2ccccc2)C(=S)N1. The highest BCUT2D eigenvalue weighted by Crippen LogP contribution is 2.39. The van der Waals surface area contributed by atoms with E-state index in [2.05, 4.69) is 29.4 Å². The van der Waals surface area contributed by atoms with Gasteiger partial charge in [-0.2, -0.15) is 0 Å². The predicted octanol–water partition coefficient (Wildman–Crippen LogP) is 5.11. The van der Waals surface area contributed by atoms with Gasteiger partial charge in [0.25, 0.3) is 0 Å². The first kappa shape index (κ1) is 23.5. The van der Waals surface area contributed by atoms with Crippen molar-refractivity contribution < 1.29 is 9.90 Å². The molecule has 2 N–H and O–H groups in total. The fraction of sp³-hybridized carbons (Fsp3) is 0.304. The number of nitrogens with one attached hydrogen (secondary N) is 1. The van der Waals surface area contributed by atoms with Crippen molar-refractivity contribution in [1.29, 1.82) is 0 Å². The normalized spacial score (nSPS) is 16.6. The summed E-state index contributed by atoms with van der Waals surface area (Å²) < 4.78 is 0. The number of hydrogen-bond donors (Lipinski definition) is 2. The zero-order chi connectivity index (χ0) is 22.5. The van der Waals surface area contributed by atoms with E-state index >= 15 is 0 Å². The van der Waals surface area contributed by atoms with E-state index in [1.165, 1.54) is 5.56 Å². The molecule has 31 heavy (non-hydrogen) atoms. The Bertz CT molecular complexity index is 998. The highest BCUT2D eigenvalue weighted by Gasteiger charge is 2.37. The summed E-state index contributed by atoms with van der Waals surface area (Å²) in [5.41, 5.74) is 2.61. The Morgan fingerprint density at radius 2 is 1.90 bits per heavy atom. The zero-order valence-corrected chi connectivity index (χ0v) is 19.8. The van der Waals surface area contributed by atoms with Gasteiger partial charge in [0, 0.05) is 18.8 Å². The van der Waals surface area contributed by atoms with Crippen LogP contribution < -0.4 is 5.32 Å². The quantitative estimate of drug-likeness (QED) is 0.515. The van der Waals surface area contributed by atoms with E-state index in [0.29, 0.717) is 33.0 Å². The van der Waals surface area contributed by atoms with Crippen molar-refractivity contribution in [3.8, 4) is 0 Å². The largest absolute Gasteiger partial charge is 0.478 e. The molecule has 0 saturated heterocycles. The molecule has 0 fully saturated rings. The molecule has 1 atom stereocenters. The van der Waals surface area contributed by atoms with Crippen LogP contribution >= 0.6 is 35.4 Å². The summed E-state index contributed by atoms with van der Waals surface area (Å²) in [7, 11) is 2.07. The molecule has 1 aliphatic rings. The van der Waals surface area contributed by atoms with Gasteiger partial charge in [-0.3, -0.25) is 0 Å². The molecule has 1 heterocycles. The third-order valence-corrected chi connectivity index (χ3v) is 6.46. The lowest BCUT2D eigenvalue weighted by Crippen LogP contribution is -2.49. The Morgan fingerprint density at radius 3 is 2.58 bits per heavy atom. The minimum atomic E-state index is -1.01. The number of rotatable bonds is 8. The van der Waals surface area contributed by atoms with Gasteiger partial charge in [0.2, 0.25) is 0 Å². The number of carboxylic acids is 1. The molecule has 8 heteroatoms. The second-order valence-electron chi connectivity index (χ2n) is 7.59. The fourth-order valence-electron chi connectivity index (χ4n) is 3.83. The number of nitrogens with zero attached hydrogens (tertiary/aromatic N) is 2. The molecular formula is C23H25Cl2N3O2S. The number of benzene rings is 2. The molecule has 0 saturated carbocycles. The Balaban J connectivity index is 1.80. The first-order valence-corrected chi connectivity index (χ1v) is 11.1. The Morgan fingerprint density at radius 1 is 1.19 bits per heavy atom. The van der Waals surface area contributed by atoms with Gasteiger partial charge >= 0.3 is 5.97 Å². The molecule has 0 aromatic heterocycles. The van der Waals surface area contributed by atoms with Crippen molar-refractivity contribution in [2.24, 2.45) is 0 Å². The summed E-state index contributed by atoms with van der Waals surface area (Å²) in [4.78, 5) is 16.3. The molecule has 2 aromatic rings. The molecule has 164 valence electrons. The third-order valence-electron chi connectivity index (χ3n) is 5.29. The summed E-state index contributed by atoms with van der Waals surface area (Å²) in [6, 6.07) is 14.9. The lowest BCUT2D eigenvalue weighted by Gasteiger charge is -2.40. The monoisotopic (exact) mass is 477 g/mol. The van der Waals surface area contributed by atoms with Crippen molar-refractivity contribution >= 4 is 46.5 Å². The van der Waals surface area contributed by atoms with E-state index in [1.807, 2.05) is 23.1 Å². The van der Waals surface area contributed by atoms with Crippen LogP contribution in [0.5, 0.6) is 0 Å². The number of thiocarbonyl (C=S) groups is 1. The van der Waals surface area contributed by atoms with E-state index in [0.717, 1.165) is 19.5 Å². The van der Waals surface area contributed by atoms with Crippen molar-refractivity contribution in [2.45, 2.75) is 25.9 Å². The maximum Gasteiger partial charge on any atom is 0.335 e. The molecule has 5 nitrogen and oxygen atoms in total. The van der Waals surface area contributed by atoms with Crippen molar-refractivity contribution in [3.63, 3.8) is 0 Å². The molecule has 1 aliphatic heterocycles. The summed E-state index contributed by atoms with van der Waals surface area (Å²) in [5.74, 6) is -1.01. The molecule has 1 unspecified atom stereocenters. The van der Waals surface area contributed by atoms with E-state index in [-0.39, 0.29) is 5.57 Å². The summed E-state index contributed by atoms with van der Waals surface area (Å²) in [6.07, 6.45) is 0.797. The fourth-order valence-corrected chi connectivity index (χ4v) is 4.59. The summed E-state index contributed by atoms with van der Waals surface area (Å²) >= 11 is 18.3. The van der Waals surface area contributed by atoms with E-state index in [9.17, 15) is 9.90 Å². The van der Waals surface area contributed by atoms with Crippen LogP contribution in [0.3, 0.4) is 0 Å². The smallest absolute Gasteiger partial charge is 0.335 e.